The topological polar surface area (TPSA) is 189 Å². The van der Waals surface area contributed by atoms with Gasteiger partial charge in [0.15, 0.2) is 22.3 Å². The van der Waals surface area contributed by atoms with E-state index in [1.807, 2.05) is 0 Å². The summed E-state index contributed by atoms with van der Waals surface area (Å²) in [5.41, 5.74) is -3.10. The molecule has 85 heavy (non-hydrogen) atoms. The van der Waals surface area contributed by atoms with Crippen molar-refractivity contribution >= 4 is 89.6 Å². The van der Waals surface area contributed by atoms with Crippen LogP contribution in [0, 0.1) is 89.2 Å². The van der Waals surface area contributed by atoms with E-state index in [0.29, 0.717) is 11.1 Å². The van der Waals surface area contributed by atoms with Crippen molar-refractivity contribution in [3.8, 4) is 62.7 Å². The van der Waals surface area contributed by atoms with Crippen LogP contribution < -0.4 is 0 Å². The fourth-order valence-electron chi connectivity index (χ4n) is 9.03. The summed E-state index contributed by atoms with van der Waals surface area (Å²) in [5.74, 6) is -2.51. The smallest absolute Gasteiger partial charge is 0.437 e. The second-order valence-electron chi connectivity index (χ2n) is 18.4. The summed E-state index contributed by atoms with van der Waals surface area (Å²) < 4.78 is 188. The number of halogens is 14. The first-order chi connectivity index (χ1) is 39.8. The van der Waals surface area contributed by atoms with Crippen LogP contribution in [0.25, 0.3) is 103 Å². The lowest BCUT2D eigenvalue weighted by Crippen LogP contribution is -2.06. The zero-order valence-electron chi connectivity index (χ0n) is 43.2. The second kappa shape index (κ2) is 23.4. The molecule has 0 atom stereocenters. The van der Waals surface area contributed by atoms with Gasteiger partial charge in [-0.1, -0.05) is 24.3 Å². The molecular weight excluding hydrogens is 1370 g/mol. The molecule has 428 valence electrons. The van der Waals surface area contributed by atoms with Gasteiger partial charge in [-0.25, -0.2) is 44.4 Å². The van der Waals surface area contributed by atoms with Crippen molar-refractivity contribution in [2.24, 2.45) is 0 Å². The van der Waals surface area contributed by atoms with E-state index in [1.165, 1.54) is 39.8 Å². The number of hydrogen-bond donors (Lipinski definition) is 0. The standard InChI is InChI=1S/C30H14F6N6O2.C24H12F6I2N2O2.C3H2N2/c1-13-5-15(9-18(7-13)29(31,32)33)20-22-24(43-27(41-22)17(11-37)12-38)21(16-6-14(2)8-19(10-16)30(34,35)36)23-25(20)44-28(42-23)26(39-3)40-4;1-9-3-11(7-13(5-9)23(25,26)27)15-17-20(36-21(31)33-17)16(18-19(15)35-22(32)34-18)12-4-10(2)6-14(8-12)24(28,29)30;1-5-3-2-4/h5-10,17,26H,1-2H3;3-8H,1-2H3;3H2. The molecule has 4 aromatic heterocycles. The third-order valence-electron chi connectivity index (χ3n) is 12.2. The highest BCUT2D eigenvalue weighted by atomic mass is 127. The Hall–Kier alpha value is -9.24. The summed E-state index contributed by atoms with van der Waals surface area (Å²) in [7, 11) is 0. The monoisotopic (exact) mass is 1400 g/mol. The van der Waals surface area contributed by atoms with Gasteiger partial charge < -0.3 is 22.5 Å². The number of nitriles is 3. The van der Waals surface area contributed by atoms with Crippen LogP contribution in [0.15, 0.2) is 90.5 Å². The minimum atomic E-state index is -4.78. The lowest BCUT2D eigenvalue weighted by atomic mass is 9.93. The van der Waals surface area contributed by atoms with Gasteiger partial charge in [-0.2, -0.15) is 73.5 Å². The fraction of sp³-hybridized carbons (Fsp3) is 0.193. The quantitative estimate of drug-likeness (QED) is 0.0667. The highest BCUT2D eigenvalue weighted by molar-refractivity contribution is 14.1. The van der Waals surface area contributed by atoms with Gasteiger partial charge in [0.25, 0.3) is 14.3 Å². The van der Waals surface area contributed by atoms with Gasteiger partial charge in [-0.05, 0) is 121 Å². The molecule has 10 rings (SSSR count). The average Bonchev–Trinajstić information content (AvgIpc) is 1.67. The van der Waals surface area contributed by atoms with Gasteiger partial charge in [0.05, 0.1) is 56.6 Å². The van der Waals surface area contributed by atoms with Crippen LogP contribution in [0.4, 0.5) is 52.7 Å². The summed E-state index contributed by atoms with van der Waals surface area (Å²) in [6.45, 7) is 26.6. The summed E-state index contributed by atoms with van der Waals surface area (Å²) in [4.78, 5) is 26.3. The van der Waals surface area contributed by atoms with Crippen LogP contribution in [0.5, 0.6) is 0 Å². The molecule has 0 saturated carbocycles. The molecule has 28 heteroatoms. The van der Waals surface area contributed by atoms with E-state index in [9.17, 15) is 63.2 Å². The van der Waals surface area contributed by atoms with Crippen molar-refractivity contribution in [1.82, 2.24) is 19.9 Å². The fourth-order valence-corrected chi connectivity index (χ4v) is 9.95. The number of nitrogens with zero attached hydrogens (tertiary/aromatic N) is 10. The maximum Gasteiger partial charge on any atom is 0.553 e. The number of aryl methyl sites for hydroxylation is 4. The predicted molar refractivity (Wildman–Crippen MR) is 296 cm³/mol. The lowest BCUT2D eigenvalue weighted by molar-refractivity contribution is -0.138. The normalized spacial score (nSPS) is 11.8. The van der Waals surface area contributed by atoms with E-state index in [2.05, 4.69) is 34.5 Å². The van der Waals surface area contributed by atoms with Gasteiger partial charge in [0.1, 0.15) is 28.1 Å². The zero-order chi connectivity index (χ0) is 62.4. The second-order valence-corrected chi connectivity index (χ2v) is 20.2. The molecule has 4 heterocycles. The average molecular weight is 1400 g/mol. The first kappa shape index (κ1) is 61.8. The molecule has 0 fully saturated rings. The van der Waals surface area contributed by atoms with Gasteiger partial charge in [-0.15, -0.1) is 0 Å². The van der Waals surface area contributed by atoms with Crippen LogP contribution in [-0.2, 0) is 24.7 Å². The molecule has 0 spiro atoms. The van der Waals surface area contributed by atoms with Crippen molar-refractivity contribution in [2.45, 2.75) is 64.5 Å². The Bertz CT molecular complexity index is 4190. The summed E-state index contributed by atoms with van der Waals surface area (Å²) in [6, 6.07) is 18.2. The van der Waals surface area contributed by atoms with Gasteiger partial charge in [-0.3, -0.25) is 0 Å². The number of hydrogen-bond acceptors (Lipinski definition) is 11. The molecular formula is C57H28F12I2N10O4. The SMILES string of the molecule is Cc1cc(-c2c3nc(I)oc3c(-c3cc(C)cc(C(F)(F)F)c3)c3nc(I)oc23)cc(C(F)(F)F)c1.[C-]#[N+]C([N+]#[C-])c1nc2c(-c3cc(C)cc(C(F)(F)F)c3)c3oc(C(C#N)C#N)nc3c(-c3cc(C)cc(C(F)(F)F)c3)c2o1.[C-]#[N+]CC#N. The third kappa shape index (κ3) is 12.7. The Morgan fingerprint density at radius 1 is 0.447 bits per heavy atom. The Labute approximate surface area is 497 Å². The number of aromatic nitrogens is 4. The maximum absolute atomic E-state index is 13.9. The number of oxazole rings is 4. The van der Waals surface area contributed by atoms with Crippen LogP contribution >= 0.6 is 45.2 Å². The molecule has 6 aromatic carbocycles. The first-order valence-electron chi connectivity index (χ1n) is 23.7. The van der Waals surface area contributed by atoms with Crippen molar-refractivity contribution in [3.05, 3.63) is 171 Å². The Kier molecular flexibility index (Phi) is 17.0. The summed E-state index contributed by atoms with van der Waals surface area (Å²) >= 11 is 3.60. The van der Waals surface area contributed by atoms with Gasteiger partial charge in [0.2, 0.25) is 11.8 Å². The highest BCUT2D eigenvalue weighted by Crippen LogP contribution is 2.50. The summed E-state index contributed by atoms with van der Waals surface area (Å²) in [5, 5.41) is 26.6. The molecule has 0 amide bonds. The van der Waals surface area contributed by atoms with Crippen LogP contribution in [0.1, 0.15) is 68.4 Å². The molecule has 0 unspecified atom stereocenters. The van der Waals surface area contributed by atoms with Gasteiger partial charge >= 0.3 is 36.8 Å². The van der Waals surface area contributed by atoms with Crippen LogP contribution in [0.2, 0.25) is 0 Å². The van der Waals surface area contributed by atoms with Crippen molar-refractivity contribution in [3.63, 3.8) is 0 Å². The highest BCUT2D eigenvalue weighted by Gasteiger charge is 2.39. The minimum absolute atomic E-state index is 0.0139. The molecule has 0 aliphatic carbocycles. The van der Waals surface area contributed by atoms with Crippen molar-refractivity contribution in [2.75, 3.05) is 6.54 Å². The molecule has 0 N–H and O–H groups in total. The molecule has 0 bridgehead atoms. The Balaban J connectivity index is 0.000000208. The Morgan fingerprint density at radius 2 is 0.729 bits per heavy atom. The number of alkyl halides is 12. The molecule has 0 radical (unpaired) electrons. The summed E-state index contributed by atoms with van der Waals surface area (Å²) in [6.07, 6.45) is -20.4. The van der Waals surface area contributed by atoms with E-state index in [0.717, 1.165) is 48.5 Å². The van der Waals surface area contributed by atoms with Crippen LogP contribution in [0.3, 0.4) is 0 Å². The maximum atomic E-state index is 13.9. The third-order valence-corrected chi connectivity index (χ3v) is 13.2. The zero-order valence-corrected chi connectivity index (χ0v) is 47.5. The largest absolute Gasteiger partial charge is 0.553 e. The molecule has 0 aliphatic heterocycles. The van der Waals surface area contributed by atoms with E-state index < -0.39 is 70.8 Å². The lowest BCUT2D eigenvalue weighted by Gasteiger charge is -2.14. The molecule has 0 saturated heterocycles. The molecule has 10 aromatic rings. The van der Waals surface area contributed by atoms with E-state index in [-0.39, 0.29) is 114 Å². The van der Waals surface area contributed by atoms with Crippen molar-refractivity contribution in [1.29, 1.82) is 15.8 Å². The Morgan fingerprint density at radius 3 is 0.988 bits per heavy atom. The first-order valence-corrected chi connectivity index (χ1v) is 25.8. The van der Waals surface area contributed by atoms with E-state index in [1.54, 1.807) is 75.5 Å². The van der Waals surface area contributed by atoms with Crippen molar-refractivity contribution < 1.29 is 70.4 Å². The minimum Gasteiger partial charge on any atom is -0.437 e. The number of rotatable bonds is 6. The van der Waals surface area contributed by atoms with Crippen LogP contribution in [-0.4, -0.2) is 26.5 Å². The van der Waals surface area contributed by atoms with E-state index in [4.69, 9.17) is 42.6 Å². The predicted octanol–water partition coefficient (Wildman–Crippen LogP) is 18.5. The van der Waals surface area contributed by atoms with E-state index >= 15 is 0 Å². The molecule has 14 nitrogen and oxygen atoms in total. The number of fused-ring (bicyclic) bond motifs is 4. The number of benzene rings is 6. The molecule has 0 aliphatic rings. The van der Waals surface area contributed by atoms with Gasteiger partial charge in [0, 0.05) is 45.2 Å².